The zero-order chi connectivity index (χ0) is 18.2. The predicted octanol–water partition coefficient (Wildman–Crippen LogP) is -5.30. The van der Waals surface area contributed by atoms with Gasteiger partial charge in [-0.3, -0.25) is 0 Å². The maximum atomic E-state index is 11.0. The first kappa shape index (κ1) is 19.4. The third-order valence-electron chi connectivity index (χ3n) is 3.94. The van der Waals surface area contributed by atoms with Gasteiger partial charge in [-0.05, 0) is 0 Å². The van der Waals surface area contributed by atoms with Crippen LogP contribution >= 0.6 is 0 Å². The van der Waals surface area contributed by atoms with Crippen molar-refractivity contribution in [2.75, 3.05) is 6.61 Å². The number of rotatable bonds is 4. The Labute approximate surface area is 135 Å². The first-order valence-electron chi connectivity index (χ1n) is 7.07. The van der Waals surface area contributed by atoms with Gasteiger partial charge in [-0.1, -0.05) is 0 Å². The van der Waals surface area contributed by atoms with Gasteiger partial charge in [0.25, 0.3) is 0 Å². The molecule has 0 aromatic heterocycles. The number of hydrogen-bond acceptors (Lipinski definition) is 11. The average molecular weight is 356 g/mol. The van der Waals surface area contributed by atoms with Crippen LogP contribution in [0.15, 0.2) is 0 Å². The lowest BCUT2D eigenvalue weighted by Gasteiger charge is -2.44. The van der Waals surface area contributed by atoms with E-state index < -0.39 is 74.0 Å². The van der Waals surface area contributed by atoms with Gasteiger partial charge in [0.15, 0.2) is 18.7 Å². The normalized spacial score (nSPS) is 49.8. The van der Waals surface area contributed by atoms with Crippen molar-refractivity contribution in [1.82, 2.24) is 0 Å². The van der Waals surface area contributed by atoms with Gasteiger partial charge in [0.2, 0.25) is 0 Å². The van der Waals surface area contributed by atoms with E-state index in [4.69, 9.17) is 24.4 Å². The Morgan fingerprint density at radius 3 is 2.04 bits per heavy atom. The number of carboxylic acid groups (broad SMARTS) is 1. The van der Waals surface area contributed by atoms with E-state index in [2.05, 4.69) is 0 Å². The van der Waals surface area contributed by atoms with Gasteiger partial charge in [-0.2, -0.15) is 0 Å². The predicted molar refractivity (Wildman–Crippen MR) is 69.2 cm³/mol. The molecule has 2 heterocycles. The first-order chi connectivity index (χ1) is 11.2. The monoisotopic (exact) mass is 356 g/mol. The van der Waals surface area contributed by atoms with Gasteiger partial charge in [-0.15, -0.1) is 0 Å². The van der Waals surface area contributed by atoms with Crippen LogP contribution in [0, 0.1) is 0 Å². The lowest BCUT2D eigenvalue weighted by atomic mass is 9.97. The zero-order valence-electron chi connectivity index (χ0n) is 12.2. The van der Waals surface area contributed by atoms with Crippen LogP contribution in [0.25, 0.3) is 0 Å². The van der Waals surface area contributed by atoms with Crippen molar-refractivity contribution in [3.63, 3.8) is 0 Å². The summed E-state index contributed by atoms with van der Waals surface area (Å²) in [5.74, 6) is -1.64. The second kappa shape index (κ2) is 7.53. The maximum absolute atomic E-state index is 11.0. The van der Waals surface area contributed by atoms with Crippen LogP contribution in [-0.2, 0) is 19.0 Å². The van der Waals surface area contributed by atoms with Crippen molar-refractivity contribution in [2.24, 2.45) is 0 Å². The van der Waals surface area contributed by atoms with Gasteiger partial charge < -0.3 is 55.1 Å². The van der Waals surface area contributed by atoms with Crippen LogP contribution in [0.3, 0.4) is 0 Å². The topological polar surface area (TPSA) is 207 Å². The summed E-state index contributed by atoms with van der Waals surface area (Å²) in [5.41, 5.74) is 0. The molecule has 2 saturated heterocycles. The van der Waals surface area contributed by atoms with Crippen molar-refractivity contribution >= 4 is 5.97 Å². The van der Waals surface area contributed by atoms with Crippen LogP contribution < -0.4 is 0 Å². The zero-order valence-corrected chi connectivity index (χ0v) is 12.2. The molecule has 2 aliphatic rings. The highest BCUT2D eigenvalue weighted by atomic mass is 16.7. The average Bonchev–Trinajstić information content (AvgIpc) is 2.54. The fraction of sp³-hybridized carbons (Fsp3) is 0.917. The molecule has 2 fully saturated rings. The number of hydrogen-bond donors (Lipinski definition) is 8. The quantitative estimate of drug-likeness (QED) is 0.238. The minimum absolute atomic E-state index is 0.724. The third-order valence-corrected chi connectivity index (χ3v) is 3.94. The van der Waals surface area contributed by atoms with Crippen LogP contribution in [-0.4, -0.2) is 115 Å². The molecule has 8 N–H and O–H groups in total. The van der Waals surface area contributed by atoms with Crippen molar-refractivity contribution in [1.29, 1.82) is 0 Å². The fourth-order valence-electron chi connectivity index (χ4n) is 2.55. The van der Waals surface area contributed by atoms with Crippen molar-refractivity contribution in [3.8, 4) is 0 Å². The molecule has 12 nitrogen and oxygen atoms in total. The molecule has 0 aromatic carbocycles. The van der Waals surface area contributed by atoms with E-state index in [1.165, 1.54) is 0 Å². The molecule has 0 radical (unpaired) electrons. The second-order valence-electron chi connectivity index (χ2n) is 5.56. The summed E-state index contributed by atoms with van der Waals surface area (Å²) in [6, 6.07) is 0. The number of aliphatic hydroxyl groups excluding tert-OH is 7. The summed E-state index contributed by atoms with van der Waals surface area (Å²) in [6.07, 6.45) is -17.8. The minimum atomic E-state index is -1.93. The second-order valence-corrected chi connectivity index (χ2v) is 5.56. The highest BCUT2D eigenvalue weighted by molar-refractivity contribution is 5.73. The molecule has 24 heavy (non-hydrogen) atoms. The molecule has 0 amide bonds. The number of aliphatic carboxylic acids is 1. The lowest BCUT2D eigenvalue weighted by Crippen LogP contribution is -2.65. The van der Waals surface area contributed by atoms with E-state index in [0.717, 1.165) is 0 Å². The summed E-state index contributed by atoms with van der Waals surface area (Å²) in [5, 5.41) is 76.4. The van der Waals surface area contributed by atoms with E-state index in [9.17, 15) is 35.4 Å². The molecule has 2 rings (SSSR count). The minimum Gasteiger partial charge on any atom is -0.479 e. The Bertz CT molecular complexity index is 446. The summed E-state index contributed by atoms with van der Waals surface area (Å²) in [7, 11) is 0. The van der Waals surface area contributed by atoms with Crippen molar-refractivity contribution in [2.45, 2.75) is 61.4 Å². The molecule has 0 bridgehead atoms. The molecule has 10 atom stereocenters. The SMILES string of the molecule is O=C(O)[C@H]1O[C@H](O[C@@H]2[C@H](O)[C@H](CO)OC(O)[C@H]2O)[C@H](O)[C@@H](O)[C@@H]1O. The lowest BCUT2D eigenvalue weighted by molar-refractivity contribution is -0.351. The molecule has 1 unspecified atom stereocenters. The number of ether oxygens (including phenoxy) is 3. The van der Waals surface area contributed by atoms with Crippen molar-refractivity contribution < 1.29 is 59.9 Å². The Hall–Kier alpha value is -0.930. The van der Waals surface area contributed by atoms with Crippen LogP contribution in [0.1, 0.15) is 0 Å². The fourth-order valence-corrected chi connectivity index (χ4v) is 2.55. The standard InChI is InChI=1S/C12H20O12/c13-1-2-3(14)8(7(18)11(21)22-2)23-12-6(17)4(15)5(16)9(24-12)10(19)20/h2-9,11-18,21H,1H2,(H,19,20)/t2-,3+,4-,5-,6+,7-,8+,9-,11?,12-/m0/s1. The number of carbonyl (C=O) groups is 1. The summed E-state index contributed by atoms with van der Waals surface area (Å²) in [6.45, 7) is -0.724. The third kappa shape index (κ3) is 3.52. The Morgan fingerprint density at radius 2 is 1.50 bits per heavy atom. The molecule has 12 heteroatoms. The van der Waals surface area contributed by atoms with Crippen LogP contribution in [0.2, 0.25) is 0 Å². The number of carboxylic acids is 1. The van der Waals surface area contributed by atoms with Gasteiger partial charge in [0.05, 0.1) is 6.61 Å². The molecular formula is C12H20O12. The molecule has 0 aromatic rings. The van der Waals surface area contributed by atoms with E-state index in [1.807, 2.05) is 0 Å². The Morgan fingerprint density at radius 1 is 0.875 bits per heavy atom. The maximum Gasteiger partial charge on any atom is 0.335 e. The van der Waals surface area contributed by atoms with Gasteiger partial charge in [0, 0.05) is 0 Å². The molecular weight excluding hydrogens is 336 g/mol. The highest BCUT2D eigenvalue weighted by Crippen LogP contribution is 2.28. The van der Waals surface area contributed by atoms with Crippen LogP contribution in [0.4, 0.5) is 0 Å². The van der Waals surface area contributed by atoms with E-state index in [-0.39, 0.29) is 0 Å². The van der Waals surface area contributed by atoms with Crippen molar-refractivity contribution in [3.05, 3.63) is 0 Å². The van der Waals surface area contributed by atoms with Gasteiger partial charge >= 0.3 is 5.97 Å². The summed E-state index contributed by atoms with van der Waals surface area (Å²) >= 11 is 0. The smallest absolute Gasteiger partial charge is 0.335 e. The summed E-state index contributed by atoms with van der Waals surface area (Å²) < 4.78 is 14.7. The Kier molecular flexibility index (Phi) is 6.09. The van der Waals surface area contributed by atoms with E-state index in [0.29, 0.717) is 0 Å². The Balaban J connectivity index is 2.16. The molecule has 140 valence electrons. The largest absolute Gasteiger partial charge is 0.479 e. The molecule has 0 aliphatic carbocycles. The van der Waals surface area contributed by atoms with Gasteiger partial charge in [-0.25, -0.2) is 4.79 Å². The molecule has 2 aliphatic heterocycles. The van der Waals surface area contributed by atoms with E-state index >= 15 is 0 Å². The summed E-state index contributed by atoms with van der Waals surface area (Å²) in [4.78, 5) is 11.0. The number of aliphatic hydroxyl groups is 7. The van der Waals surface area contributed by atoms with Gasteiger partial charge in [0.1, 0.15) is 42.7 Å². The molecule has 0 saturated carbocycles. The van der Waals surface area contributed by atoms with E-state index in [1.54, 1.807) is 0 Å². The molecule has 0 spiro atoms. The highest BCUT2D eigenvalue weighted by Gasteiger charge is 2.51. The van der Waals surface area contributed by atoms with Crippen LogP contribution in [0.5, 0.6) is 0 Å². The first-order valence-corrected chi connectivity index (χ1v) is 7.07.